The highest BCUT2D eigenvalue weighted by Crippen LogP contribution is 2.29. The summed E-state index contributed by atoms with van der Waals surface area (Å²) in [4.78, 5) is 18.0. The van der Waals surface area contributed by atoms with Gasteiger partial charge in [-0.05, 0) is 46.7 Å². The topological polar surface area (TPSA) is 115 Å². The van der Waals surface area contributed by atoms with E-state index in [1.807, 2.05) is 36.4 Å². The van der Waals surface area contributed by atoms with Gasteiger partial charge >= 0.3 is 0 Å². The van der Waals surface area contributed by atoms with Crippen molar-refractivity contribution in [3.05, 3.63) is 91.7 Å². The standard InChI is InChI=1S/C20H16N6O/c21-25-23-18-7-2-14(3-8-18)11-16-1-6-17(20(27)13-16)12-15-4-9-19(10-5-15)24-26-22/h2-5,7-12H,1,6,13H2/b16-11+,17-12-. The first-order chi connectivity index (χ1) is 13.2. The Hall–Kier alpha value is -3.79. The minimum absolute atomic E-state index is 0.123. The molecular formula is C20H16N6O. The first kappa shape index (κ1) is 18.0. The summed E-state index contributed by atoms with van der Waals surface area (Å²) < 4.78 is 0. The molecule has 1 aliphatic rings. The van der Waals surface area contributed by atoms with Crippen LogP contribution in [0.25, 0.3) is 33.0 Å². The van der Waals surface area contributed by atoms with Crippen molar-refractivity contribution in [3.63, 3.8) is 0 Å². The van der Waals surface area contributed by atoms with E-state index in [2.05, 4.69) is 20.1 Å². The number of benzene rings is 2. The average Bonchev–Trinajstić information content (AvgIpc) is 2.67. The zero-order valence-electron chi connectivity index (χ0n) is 14.5. The SMILES string of the molecule is [N-]=[N+]=Nc1ccc(/C=C2/CC/C(=C\c3ccc(N=[N+]=[N-])cc3)CC2=O)cc1. The van der Waals surface area contributed by atoms with Gasteiger partial charge in [0.25, 0.3) is 0 Å². The van der Waals surface area contributed by atoms with Gasteiger partial charge in [-0.3, -0.25) is 4.79 Å². The van der Waals surface area contributed by atoms with Gasteiger partial charge < -0.3 is 0 Å². The molecule has 0 N–H and O–H groups in total. The van der Waals surface area contributed by atoms with Crippen LogP contribution in [0.15, 0.2) is 69.9 Å². The Morgan fingerprint density at radius 2 is 1.30 bits per heavy atom. The van der Waals surface area contributed by atoms with Crippen molar-refractivity contribution in [1.29, 1.82) is 0 Å². The minimum Gasteiger partial charge on any atom is -0.294 e. The average molecular weight is 356 g/mol. The normalized spacial score (nSPS) is 16.7. The van der Waals surface area contributed by atoms with Gasteiger partial charge in [-0.1, -0.05) is 70.4 Å². The Kier molecular flexibility index (Phi) is 5.70. The molecule has 132 valence electrons. The van der Waals surface area contributed by atoms with Gasteiger partial charge in [0.1, 0.15) is 0 Å². The first-order valence-corrected chi connectivity index (χ1v) is 8.41. The Balaban J connectivity index is 1.70. The number of nitrogens with zero attached hydrogens (tertiary/aromatic N) is 6. The van der Waals surface area contributed by atoms with E-state index >= 15 is 0 Å². The molecule has 1 fully saturated rings. The third kappa shape index (κ3) is 4.86. The summed E-state index contributed by atoms with van der Waals surface area (Å²) in [6, 6.07) is 14.4. The number of azide groups is 2. The highest BCUT2D eigenvalue weighted by Gasteiger charge is 2.18. The van der Waals surface area contributed by atoms with Crippen molar-refractivity contribution in [2.24, 2.45) is 10.2 Å². The van der Waals surface area contributed by atoms with Crippen molar-refractivity contribution < 1.29 is 4.79 Å². The van der Waals surface area contributed by atoms with Gasteiger partial charge in [-0.2, -0.15) is 0 Å². The molecule has 0 bridgehead atoms. The largest absolute Gasteiger partial charge is 0.294 e. The van der Waals surface area contributed by atoms with Gasteiger partial charge in [-0.15, -0.1) is 0 Å². The van der Waals surface area contributed by atoms with Crippen LogP contribution >= 0.6 is 0 Å². The van der Waals surface area contributed by atoms with Crippen LogP contribution in [0, 0.1) is 0 Å². The number of carbonyl (C=O) groups excluding carboxylic acids is 1. The molecule has 27 heavy (non-hydrogen) atoms. The molecule has 1 saturated carbocycles. The monoisotopic (exact) mass is 356 g/mol. The lowest BCUT2D eigenvalue weighted by Crippen LogP contribution is -2.10. The summed E-state index contributed by atoms with van der Waals surface area (Å²) in [5.74, 6) is 0.123. The molecule has 0 saturated heterocycles. The number of allylic oxidation sites excluding steroid dienone is 2. The van der Waals surface area contributed by atoms with E-state index in [1.54, 1.807) is 24.3 Å². The molecule has 3 rings (SSSR count). The molecule has 2 aromatic rings. The molecule has 0 radical (unpaired) electrons. The molecule has 0 spiro atoms. The fraction of sp³-hybridized carbons (Fsp3) is 0.150. The molecule has 0 amide bonds. The molecule has 7 heteroatoms. The number of hydrogen-bond acceptors (Lipinski definition) is 3. The predicted molar refractivity (Wildman–Crippen MR) is 105 cm³/mol. The molecule has 0 unspecified atom stereocenters. The van der Waals surface area contributed by atoms with E-state index in [4.69, 9.17) is 11.1 Å². The van der Waals surface area contributed by atoms with Gasteiger partial charge in [0.2, 0.25) is 0 Å². The van der Waals surface area contributed by atoms with Crippen LogP contribution in [-0.2, 0) is 4.79 Å². The Labute approximate surface area is 155 Å². The Morgan fingerprint density at radius 1 is 0.778 bits per heavy atom. The lowest BCUT2D eigenvalue weighted by molar-refractivity contribution is -0.115. The molecule has 0 atom stereocenters. The van der Waals surface area contributed by atoms with Crippen molar-refractivity contribution in [2.45, 2.75) is 19.3 Å². The quantitative estimate of drug-likeness (QED) is 0.255. The van der Waals surface area contributed by atoms with Crippen molar-refractivity contribution in [1.82, 2.24) is 0 Å². The van der Waals surface area contributed by atoms with Crippen LogP contribution in [0.2, 0.25) is 0 Å². The molecule has 0 heterocycles. The van der Waals surface area contributed by atoms with Gasteiger partial charge in [-0.25, -0.2) is 0 Å². The first-order valence-electron chi connectivity index (χ1n) is 8.41. The van der Waals surface area contributed by atoms with Gasteiger partial charge in [0.05, 0.1) is 0 Å². The molecule has 1 aliphatic carbocycles. The summed E-state index contributed by atoms with van der Waals surface area (Å²) in [7, 11) is 0. The summed E-state index contributed by atoms with van der Waals surface area (Å²) in [6.45, 7) is 0. The minimum atomic E-state index is 0.123. The summed E-state index contributed by atoms with van der Waals surface area (Å²) in [5.41, 5.74) is 21.8. The van der Waals surface area contributed by atoms with Crippen LogP contribution in [0.1, 0.15) is 30.4 Å². The van der Waals surface area contributed by atoms with E-state index in [1.165, 1.54) is 0 Å². The molecular weight excluding hydrogens is 340 g/mol. The van der Waals surface area contributed by atoms with E-state index in [9.17, 15) is 4.79 Å². The number of Topliss-reactive ketones (excluding diaryl/α,β-unsaturated/α-hetero) is 1. The maximum Gasteiger partial charge on any atom is 0.162 e. The van der Waals surface area contributed by atoms with E-state index in [0.717, 1.165) is 28.7 Å². The van der Waals surface area contributed by atoms with Crippen molar-refractivity contribution in [2.75, 3.05) is 0 Å². The zero-order chi connectivity index (χ0) is 19.1. The summed E-state index contributed by atoms with van der Waals surface area (Å²) >= 11 is 0. The van der Waals surface area contributed by atoms with Crippen LogP contribution < -0.4 is 0 Å². The molecule has 7 nitrogen and oxygen atoms in total. The van der Waals surface area contributed by atoms with Crippen LogP contribution in [0.3, 0.4) is 0 Å². The van der Waals surface area contributed by atoms with Crippen LogP contribution in [0.5, 0.6) is 0 Å². The van der Waals surface area contributed by atoms with Gasteiger partial charge in [0.15, 0.2) is 5.78 Å². The number of hydrogen-bond donors (Lipinski definition) is 0. The number of rotatable bonds is 4. The molecule has 0 aromatic heterocycles. The zero-order valence-corrected chi connectivity index (χ0v) is 14.5. The highest BCUT2D eigenvalue weighted by atomic mass is 16.1. The second-order valence-corrected chi connectivity index (χ2v) is 6.13. The smallest absolute Gasteiger partial charge is 0.162 e. The highest BCUT2D eigenvalue weighted by molar-refractivity contribution is 6.02. The Bertz CT molecular complexity index is 1010. The van der Waals surface area contributed by atoms with E-state index in [0.29, 0.717) is 24.2 Å². The fourth-order valence-electron chi connectivity index (χ4n) is 2.93. The van der Waals surface area contributed by atoms with E-state index in [-0.39, 0.29) is 5.78 Å². The molecule has 0 aliphatic heterocycles. The van der Waals surface area contributed by atoms with Crippen molar-refractivity contribution in [3.8, 4) is 0 Å². The fourth-order valence-corrected chi connectivity index (χ4v) is 2.93. The summed E-state index contributed by atoms with van der Waals surface area (Å²) in [6.07, 6.45) is 5.84. The summed E-state index contributed by atoms with van der Waals surface area (Å²) in [5, 5.41) is 7.08. The third-order valence-electron chi connectivity index (χ3n) is 4.28. The lowest BCUT2D eigenvalue weighted by Gasteiger charge is -2.16. The third-order valence-corrected chi connectivity index (χ3v) is 4.28. The lowest BCUT2D eigenvalue weighted by atomic mass is 9.87. The van der Waals surface area contributed by atoms with Crippen LogP contribution in [0.4, 0.5) is 11.4 Å². The van der Waals surface area contributed by atoms with Crippen molar-refractivity contribution >= 4 is 29.3 Å². The second-order valence-electron chi connectivity index (χ2n) is 6.13. The van der Waals surface area contributed by atoms with Gasteiger partial charge in [0, 0.05) is 27.6 Å². The number of ketones is 1. The number of carbonyl (C=O) groups is 1. The van der Waals surface area contributed by atoms with Crippen LogP contribution in [-0.4, -0.2) is 5.78 Å². The maximum atomic E-state index is 12.5. The maximum absolute atomic E-state index is 12.5. The second kappa shape index (κ2) is 8.54. The molecule has 2 aromatic carbocycles. The van der Waals surface area contributed by atoms with E-state index < -0.39 is 0 Å². The Morgan fingerprint density at radius 3 is 1.78 bits per heavy atom. The predicted octanol–water partition coefficient (Wildman–Crippen LogP) is 6.79.